The maximum Gasteiger partial charge on any atom is 0.209 e. The number of rotatable bonds is 5. The molecule has 0 fully saturated rings. The van der Waals surface area contributed by atoms with Crippen LogP contribution in [-0.2, 0) is 0 Å². The summed E-state index contributed by atoms with van der Waals surface area (Å²) < 4.78 is 0. The molecule has 4 aromatic rings. The van der Waals surface area contributed by atoms with E-state index >= 15 is 0 Å². The lowest BCUT2D eigenvalue weighted by Gasteiger charge is -2.16. The first-order valence-corrected chi connectivity index (χ1v) is 9.50. The van der Waals surface area contributed by atoms with Crippen molar-refractivity contribution in [1.82, 2.24) is 15.2 Å². The number of aromatic nitrogens is 3. The van der Waals surface area contributed by atoms with Gasteiger partial charge in [0, 0.05) is 10.6 Å². The van der Waals surface area contributed by atoms with E-state index in [-0.39, 0.29) is 5.25 Å². The fourth-order valence-corrected chi connectivity index (χ4v) is 3.89. The summed E-state index contributed by atoms with van der Waals surface area (Å²) in [6.45, 7) is 0. The molecular formula is C21H16ClN3S. The predicted molar refractivity (Wildman–Crippen MR) is 107 cm³/mol. The van der Waals surface area contributed by atoms with E-state index in [1.807, 2.05) is 60.7 Å². The average Bonchev–Trinajstić information content (AvgIpc) is 3.17. The topological polar surface area (TPSA) is 41.6 Å². The molecule has 0 spiro atoms. The molecule has 1 heterocycles. The van der Waals surface area contributed by atoms with Crippen molar-refractivity contribution in [3.8, 4) is 11.4 Å². The zero-order valence-electron chi connectivity index (χ0n) is 13.8. The number of nitrogens with one attached hydrogen (secondary N) is 1. The summed E-state index contributed by atoms with van der Waals surface area (Å²) in [5.74, 6) is 0.774. The molecule has 0 saturated heterocycles. The second-order valence-corrected chi connectivity index (χ2v) is 7.30. The van der Waals surface area contributed by atoms with Crippen molar-refractivity contribution >= 4 is 23.4 Å². The lowest BCUT2D eigenvalue weighted by atomic mass is 10.0. The Labute approximate surface area is 161 Å². The molecule has 0 amide bonds. The zero-order valence-corrected chi connectivity index (χ0v) is 15.4. The molecule has 128 valence electrons. The minimum Gasteiger partial charge on any atom is -0.258 e. The summed E-state index contributed by atoms with van der Waals surface area (Å²) in [6.07, 6.45) is 0. The van der Waals surface area contributed by atoms with Gasteiger partial charge in [-0.2, -0.15) is 0 Å². The molecule has 0 bridgehead atoms. The van der Waals surface area contributed by atoms with Gasteiger partial charge in [-0.15, -0.1) is 5.10 Å². The molecular weight excluding hydrogens is 362 g/mol. The molecule has 4 rings (SSSR count). The highest BCUT2D eigenvalue weighted by molar-refractivity contribution is 7.99. The van der Waals surface area contributed by atoms with Crippen LogP contribution in [0.15, 0.2) is 90.1 Å². The lowest BCUT2D eigenvalue weighted by molar-refractivity contribution is 0.965. The third-order valence-corrected chi connectivity index (χ3v) is 5.44. The Morgan fingerprint density at radius 2 is 1.38 bits per heavy atom. The highest BCUT2D eigenvalue weighted by Crippen LogP contribution is 2.39. The number of hydrogen-bond acceptors (Lipinski definition) is 3. The first-order valence-electron chi connectivity index (χ1n) is 8.24. The van der Waals surface area contributed by atoms with Crippen LogP contribution in [0.3, 0.4) is 0 Å². The van der Waals surface area contributed by atoms with Gasteiger partial charge in [-0.05, 0) is 23.3 Å². The van der Waals surface area contributed by atoms with Gasteiger partial charge in [0.15, 0.2) is 5.82 Å². The van der Waals surface area contributed by atoms with Crippen molar-refractivity contribution in [2.24, 2.45) is 0 Å². The van der Waals surface area contributed by atoms with Crippen LogP contribution < -0.4 is 0 Å². The third kappa shape index (κ3) is 3.82. The summed E-state index contributed by atoms with van der Waals surface area (Å²) in [5, 5.41) is 8.98. The second-order valence-electron chi connectivity index (χ2n) is 5.79. The van der Waals surface area contributed by atoms with Crippen LogP contribution in [0.1, 0.15) is 16.4 Å². The van der Waals surface area contributed by atoms with E-state index in [1.54, 1.807) is 11.8 Å². The maximum atomic E-state index is 6.06. The first-order chi connectivity index (χ1) is 12.8. The Morgan fingerprint density at radius 3 is 2.08 bits per heavy atom. The molecule has 3 aromatic carbocycles. The summed E-state index contributed by atoms with van der Waals surface area (Å²) >= 11 is 7.68. The number of hydrogen-bond donors (Lipinski definition) is 1. The molecule has 0 unspecified atom stereocenters. The van der Waals surface area contributed by atoms with Crippen LogP contribution >= 0.6 is 23.4 Å². The van der Waals surface area contributed by atoms with Gasteiger partial charge in [0.25, 0.3) is 0 Å². The van der Waals surface area contributed by atoms with Crippen molar-refractivity contribution in [1.29, 1.82) is 0 Å². The molecule has 3 nitrogen and oxygen atoms in total. The van der Waals surface area contributed by atoms with Crippen LogP contribution in [0.5, 0.6) is 0 Å². The van der Waals surface area contributed by atoms with Gasteiger partial charge in [-0.1, -0.05) is 96.2 Å². The smallest absolute Gasteiger partial charge is 0.209 e. The van der Waals surface area contributed by atoms with Crippen LogP contribution in [-0.4, -0.2) is 15.2 Å². The minimum absolute atomic E-state index is 0.0906. The van der Waals surface area contributed by atoms with E-state index < -0.39 is 0 Å². The SMILES string of the molecule is Clc1ccc([C@H](Sc2n[nH]c(-c3ccccc3)n2)c2ccccc2)cc1. The largest absolute Gasteiger partial charge is 0.258 e. The van der Waals surface area contributed by atoms with Crippen LogP contribution in [0.4, 0.5) is 0 Å². The molecule has 26 heavy (non-hydrogen) atoms. The van der Waals surface area contributed by atoms with E-state index in [4.69, 9.17) is 11.6 Å². The Balaban J connectivity index is 1.65. The predicted octanol–water partition coefficient (Wildman–Crippen LogP) is 6.01. The zero-order chi connectivity index (χ0) is 17.8. The molecule has 0 saturated carbocycles. The number of nitrogens with zero attached hydrogens (tertiary/aromatic N) is 2. The highest BCUT2D eigenvalue weighted by atomic mass is 35.5. The molecule has 0 radical (unpaired) electrons. The third-order valence-electron chi connectivity index (χ3n) is 4.01. The first kappa shape index (κ1) is 16.9. The standard InChI is InChI=1S/C21H16ClN3S/c22-18-13-11-16(12-14-18)19(15-7-3-1-4-8-15)26-21-23-20(24-25-21)17-9-5-2-6-10-17/h1-14,19H,(H,23,24,25)/t19-/m1/s1. The van der Waals surface area contributed by atoms with Crippen molar-refractivity contribution in [2.75, 3.05) is 0 Å². The Bertz CT molecular complexity index is 969. The van der Waals surface area contributed by atoms with Gasteiger partial charge < -0.3 is 0 Å². The number of thioether (sulfide) groups is 1. The molecule has 0 aliphatic heterocycles. The van der Waals surface area contributed by atoms with E-state index in [2.05, 4.69) is 39.4 Å². The van der Waals surface area contributed by atoms with Gasteiger partial charge in [0.1, 0.15) is 0 Å². The normalized spacial score (nSPS) is 12.0. The van der Waals surface area contributed by atoms with Crippen LogP contribution in [0.2, 0.25) is 5.02 Å². The van der Waals surface area contributed by atoms with E-state index in [0.717, 1.165) is 22.0 Å². The quantitative estimate of drug-likeness (QED) is 0.433. The summed E-state index contributed by atoms with van der Waals surface area (Å²) in [6, 6.07) is 28.3. The number of halogens is 1. The van der Waals surface area contributed by atoms with Gasteiger partial charge in [0.05, 0.1) is 5.25 Å². The van der Waals surface area contributed by atoms with Crippen LogP contribution in [0, 0.1) is 0 Å². The molecule has 5 heteroatoms. The molecule has 1 N–H and O–H groups in total. The molecule has 0 aliphatic carbocycles. The second kappa shape index (κ2) is 7.77. The highest BCUT2D eigenvalue weighted by Gasteiger charge is 2.18. The molecule has 0 aliphatic rings. The van der Waals surface area contributed by atoms with Gasteiger partial charge in [-0.25, -0.2) is 4.98 Å². The van der Waals surface area contributed by atoms with Gasteiger partial charge in [0.2, 0.25) is 5.16 Å². The summed E-state index contributed by atoms with van der Waals surface area (Å²) in [5.41, 5.74) is 3.39. The van der Waals surface area contributed by atoms with E-state index in [1.165, 1.54) is 5.56 Å². The van der Waals surface area contributed by atoms with E-state index in [0.29, 0.717) is 5.16 Å². The van der Waals surface area contributed by atoms with Crippen molar-refractivity contribution in [3.05, 3.63) is 101 Å². The fourth-order valence-electron chi connectivity index (χ4n) is 2.72. The van der Waals surface area contributed by atoms with Gasteiger partial charge >= 0.3 is 0 Å². The lowest BCUT2D eigenvalue weighted by Crippen LogP contribution is -1.97. The maximum absolute atomic E-state index is 6.06. The molecule has 1 aromatic heterocycles. The van der Waals surface area contributed by atoms with Crippen LogP contribution in [0.25, 0.3) is 11.4 Å². The van der Waals surface area contributed by atoms with Crippen molar-refractivity contribution < 1.29 is 0 Å². The Hall–Kier alpha value is -2.56. The summed E-state index contributed by atoms with van der Waals surface area (Å²) in [7, 11) is 0. The van der Waals surface area contributed by atoms with E-state index in [9.17, 15) is 0 Å². The minimum atomic E-state index is 0.0906. The number of aromatic amines is 1. The van der Waals surface area contributed by atoms with Crippen molar-refractivity contribution in [3.63, 3.8) is 0 Å². The monoisotopic (exact) mass is 377 g/mol. The summed E-state index contributed by atoms with van der Waals surface area (Å²) in [4.78, 5) is 4.66. The Kier molecular flexibility index (Phi) is 5.04. The van der Waals surface area contributed by atoms with Gasteiger partial charge in [-0.3, -0.25) is 5.10 Å². The van der Waals surface area contributed by atoms with Crippen molar-refractivity contribution in [2.45, 2.75) is 10.4 Å². The average molecular weight is 378 g/mol. The Morgan fingerprint density at radius 1 is 0.769 bits per heavy atom. The fraction of sp³-hybridized carbons (Fsp3) is 0.0476. The molecule has 1 atom stereocenters. The number of H-pyrrole nitrogens is 1. The number of benzene rings is 3.